The summed E-state index contributed by atoms with van der Waals surface area (Å²) in [6.07, 6.45) is 2.06. The number of benzene rings is 1. The first kappa shape index (κ1) is 14.3. The SMILES string of the molecule is CCc1ccc(-c2nc3sc(C)c(CC)n3c2CN)cc1. The van der Waals surface area contributed by atoms with Crippen LogP contribution in [0.2, 0.25) is 0 Å². The van der Waals surface area contributed by atoms with Crippen LogP contribution in [0.3, 0.4) is 0 Å². The highest BCUT2D eigenvalue weighted by Crippen LogP contribution is 2.31. The van der Waals surface area contributed by atoms with Gasteiger partial charge in [0.1, 0.15) is 0 Å². The summed E-state index contributed by atoms with van der Waals surface area (Å²) >= 11 is 1.75. The molecule has 3 nitrogen and oxygen atoms in total. The monoisotopic (exact) mass is 299 g/mol. The molecule has 0 radical (unpaired) electrons. The van der Waals surface area contributed by atoms with Gasteiger partial charge >= 0.3 is 0 Å². The summed E-state index contributed by atoms with van der Waals surface area (Å²) in [5.74, 6) is 0. The van der Waals surface area contributed by atoms with Crippen molar-refractivity contribution in [2.24, 2.45) is 5.73 Å². The number of hydrogen-bond donors (Lipinski definition) is 1. The quantitative estimate of drug-likeness (QED) is 0.792. The second-order valence-electron chi connectivity index (χ2n) is 5.24. The van der Waals surface area contributed by atoms with Crippen molar-refractivity contribution in [2.75, 3.05) is 0 Å². The van der Waals surface area contributed by atoms with Crippen molar-refractivity contribution in [3.63, 3.8) is 0 Å². The van der Waals surface area contributed by atoms with Gasteiger partial charge in [0.2, 0.25) is 0 Å². The Morgan fingerprint density at radius 1 is 1.10 bits per heavy atom. The Balaban J connectivity index is 2.20. The third-order valence-electron chi connectivity index (χ3n) is 4.03. The topological polar surface area (TPSA) is 43.3 Å². The number of hydrogen-bond acceptors (Lipinski definition) is 3. The van der Waals surface area contributed by atoms with E-state index in [0.29, 0.717) is 6.54 Å². The number of thiazole rings is 1. The van der Waals surface area contributed by atoms with Crippen LogP contribution in [0.25, 0.3) is 16.2 Å². The molecule has 21 heavy (non-hydrogen) atoms. The molecule has 0 bridgehead atoms. The lowest BCUT2D eigenvalue weighted by Crippen LogP contribution is -2.04. The summed E-state index contributed by atoms with van der Waals surface area (Å²) in [6, 6.07) is 8.66. The molecule has 0 atom stereocenters. The van der Waals surface area contributed by atoms with Gasteiger partial charge in [-0.05, 0) is 25.3 Å². The zero-order chi connectivity index (χ0) is 15.0. The number of nitrogens with two attached hydrogens (primary N) is 1. The number of imidazole rings is 1. The van der Waals surface area contributed by atoms with Crippen LogP contribution < -0.4 is 5.73 Å². The van der Waals surface area contributed by atoms with Crippen LogP contribution in [0.5, 0.6) is 0 Å². The highest BCUT2D eigenvalue weighted by Gasteiger charge is 2.18. The molecule has 0 spiro atoms. The number of fused-ring (bicyclic) bond motifs is 1. The van der Waals surface area contributed by atoms with Crippen LogP contribution in [-0.2, 0) is 19.4 Å². The van der Waals surface area contributed by atoms with E-state index in [4.69, 9.17) is 10.7 Å². The smallest absolute Gasteiger partial charge is 0.194 e. The summed E-state index contributed by atoms with van der Waals surface area (Å²) in [4.78, 5) is 7.23. The van der Waals surface area contributed by atoms with Crippen LogP contribution in [0, 0.1) is 6.92 Å². The van der Waals surface area contributed by atoms with Gasteiger partial charge in [0, 0.05) is 22.7 Å². The molecule has 1 aromatic carbocycles. The molecule has 0 aliphatic heterocycles. The Labute approximate surface area is 129 Å². The van der Waals surface area contributed by atoms with Gasteiger partial charge in [-0.2, -0.15) is 0 Å². The molecule has 2 heterocycles. The van der Waals surface area contributed by atoms with Crippen molar-refractivity contribution in [2.45, 2.75) is 40.2 Å². The maximum absolute atomic E-state index is 6.03. The van der Waals surface area contributed by atoms with Gasteiger partial charge in [0.05, 0.1) is 11.4 Å². The normalized spacial score (nSPS) is 11.4. The van der Waals surface area contributed by atoms with Crippen LogP contribution >= 0.6 is 11.3 Å². The van der Waals surface area contributed by atoms with Gasteiger partial charge in [-0.25, -0.2) is 4.98 Å². The minimum atomic E-state index is 0.509. The third-order valence-corrected chi connectivity index (χ3v) is 5.02. The maximum Gasteiger partial charge on any atom is 0.194 e. The van der Waals surface area contributed by atoms with E-state index >= 15 is 0 Å². The lowest BCUT2D eigenvalue weighted by Gasteiger charge is -2.05. The van der Waals surface area contributed by atoms with E-state index in [1.807, 2.05) is 0 Å². The second-order valence-corrected chi connectivity index (χ2v) is 6.42. The lowest BCUT2D eigenvalue weighted by molar-refractivity contribution is 0.902. The maximum atomic E-state index is 6.03. The first-order valence-corrected chi connectivity index (χ1v) is 8.30. The van der Waals surface area contributed by atoms with Gasteiger partial charge in [0.15, 0.2) is 4.96 Å². The van der Waals surface area contributed by atoms with Crippen molar-refractivity contribution in [1.82, 2.24) is 9.38 Å². The zero-order valence-corrected chi connectivity index (χ0v) is 13.6. The van der Waals surface area contributed by atoms with Gasteiger partial charge in [-0.3, -0.25) is 4.40 Å². The molecule has 2 aromatic heterocycles. The van der Waals surface area contributed by atoms with Crippen molar-refractivity contribution in [3.05, 3.63) is 46.1 Å². The average Bonchev–Trinajstić information content (AvgIpc) is 3.01. The molecule has 110 valence electrons. The molecule has 3 rings (SSSR count). The van der Waals surface area contributed by atoms with E-state index in [1.54, 1.807) is 11.3 Å². The van der Waals surface area contributed by atoms with Crippen LogP contribution in [0.1, 0.15) is 35.7 Å². The van der Waals surface area contributed by atoms with Gasteiger partial charge in [-0.15, -0.1) is 11.3 Å². The zero-order valence-electron chi connectivity index (χ0n) is 12.8. The van der Waals surface area contributed by atoms with Gasteiger partial charge < -0.3 is 5.73 Å². The van der Waals surface area contributed by atoms with E-state index in [1.165, 1.54) is 16.1 Å². The van der Waals surface area contributed by atoms with Gasteiger partial charge in [-0.1, -0.05) is 38.1 Å². The van der Waals surface area contributed by atoms with E-state index in [9.17, 15) is 0 Å². The average molecular weight is 299 g/mol. The van der Waals surface area contributed by atoms with E-state index in [0.717, 1.165) is 34.8 Å². The number of aryl methyl sites for hydroxylation is 3. The van der Waals surface area contributed by atoms with Crippen molar-refractivity contribution in [1.29, 1.82) is 0 Å². The molecule has 0 amide bonds. The highest BCUT2D eigenvalue weighted by molar-refractivity contribution is 7.17. The fraction of sp³-hybridized carbons (Fsp3) is 0.353. The van der Waals surface area contributed by atoms with E-state index < -0.39 is 0 Å². The Morgan fingerprint density at radius 2 is 1.81 bits per heavy atom. The standard InChI is InChI=1S/C17H21N3S/c1-4-12-6-8-13(9-7-12)16-15(10-18)20-14(5-2)11(3)21-17(20)19-16/h6-9H,4-5,10,18H2,1-3H3. The second kappa shape index (κ2) is 5.62. The molecule has 0 saturated carbocycles. The highest BCUT2D eigenvalue weighted by atomic mass is 32.1. The molecule has 0 aliphatic carbocycles. The third kappa shape index (κ3) is 2.28. The summed E-state index contributed by atoms with van der Waals surface area (Å²) in [5, 5.41) is 0. The molecule has 0 aliphatic rings. The van der Waals surface area contributed by atoms with Crippen molar-refractivity contribution < 1.29 is 0 Å². The van der Waals surface area contributed by atoms with Crippen molar-refractivity contribution >= 4 is 16.3 Å². The molecule has 0 unspecified atom stereocenters. The Bertz CT molecular complexity index is 766. The molecule has 4 heteroatoms. The van der Waals surface area contributed by atoms with E-state index in [-0.39, 0.29) is 0 Å². The minimum Gasteiger partial charge on any atom is -0.325 e. The largest absolute Gasteiger partial charge is 0.325 e. The fourth-order valence-corrected chi connectivity index (χ4v) is 3.93. The van der Waals surface area contributed by atoms with Gasteiger partial charge in [0.25, 0.3) is 0 Å². The summed E-state index contributed by atoms with van der Waals surface area (Å²) in [7, 11) is 0. The van der Waals surface area contributed by atoms with Crippen LogP contribution in [0.4, 0.5) is 0 Å². The van der Waals surface area contributed by atoms with Crippen molar-refractivity contribution in [3.8, 4) is 11.3 Å². The fourth-order valence-electron chi connectivity index (χ4n) is 2.86. The number of rotatable bonds is 4. The first-order chi connectivity index (χ1) is 10.2. The van der Waals surface area contributed by atoms with Crippen LogP contribution in [-0.4, -0.2) is 9.38 Å². The Kier molecular flexibility index (Phi) is 3.83. The number of nitrogens with zero attached hydrogens (tertiary/aromatic N) is 2. The minimum absolute atomic E-state index is 0.509. The predicted molar refractivity (Wildman–Crippen MR) is 89.9 cm³/mol. The molecule has 0 saturated heterocycles. The molecule has 0 fully saturated rings. The molecular formula is C17H21N3S. The van der Waals surface area contributed by atoms with Crippen LogP contribution in [0.15, 0.2) is 24.3 Å². The van der Waals surface area contributed by atoms with E-state index in [2.05, 4.69) is 49.4 Å². The Morgan fingerprint density at radius 3 is 2.38 bits per heavy atom. The summed E-state index contributed by atoms with van der Waals surface area (Å²) in [6.45, 7) is 7.02. The Hall–Kier alpha value is -1.65. The summed E-state index contributed by atoms with van der Waals surface area (Å²) in [5.41, 5.74) is 12.0. The summed E-state index contributed by atoms with van der Waals surface area (Å²) < 4.78 is 2.25. The first-order valence-electron chi connectivity index (χ1n) is 7.48. The molecular weight excluding hydrogens is 278 g/mol. The molecule has 2 N–H and O–H groups in total. The number of aromatic nitrogens is 2. The molecule has 3 aromatic rings. The lowest BCUT2D eigenvalue weighted by atomic mass is 10.1. The predicted octanol–water partition coefficient (Wildman–Crippen LogP) is 3.95.